The van der Waals surface area contributed by atoms with Crippen LogP contribution in [0.4, 0.5) is 0 Å². The van der Waals surface area contributed by atoms with Gasteiger partial charge in [0.05, 0.1) is 5.54 Å². The van der Waals surface area contributed by atoms with Crippen molar-refractivity contribution in [3.63, 3.8) is 0 Å². The van der Waals surface area contributed by atoms with E-state index in [2.05, 4.69) is 5.32 Å². The van der Waals surface area contributed by atoms with Crippen molar-refractivity contribution in [2.75, 3.05) is 6.54 Å². The van der Waals surface area contributed by atoms with E-state index in [1.165, 1.54) is 25.7 Å². The van der Waals surface area contributed by atoms with E-state index in [0.717, 1.165) is 50.0 Å². The highest BCUT2D eigenvalue weighted by Gasteiger charge is 2.41. The maximum absolute atomic E-state index is 12.1. The summed E-state index contributed by atoms with van der Waals surface area (Å²) in [5.74, 6) is 2.69. The molecular formula is C14H24N2O. The number of carbonyl (C=O) groups is 1. The van der Waals surface area contributed by atoms with Gasteiger partial charge in [0, 0.05) is 6.54 Å². The SMILES string of the molecule is NC1(C(=O)NCC2CC3CCC2C3)CCCC1. The van der Waals surface area contributed by atoms with E-state index in [-0.39, 0.29) is 5.91 Å². The molecule has 3 unspecified atom stereocenters. The summed E-state index contributed by atoms with van der Waals surface area (Å²) in [5, 5.41) is 3.13. The first-order valence-corrected chi connectivity index (χ1v) is 7.24. The molecule has 2 bridgehead atoms. The van der Waals surface area contributed by atoms with E-state index in [1.807, 2.05) is 0 Å². The van der Waals surface area contributed by atoms with Gasteiger partial charge in [-0.3, -0.25) is 4.79 Å². The number of nitrogens with two attached hydrogens (primary N) is 1. The number of hydrogen-bond acceptors (Lipinski definition) is 2. The predicted molar refractivity (Wildman–Crippen MR) is 67.3 cm³/mol. The highest BCUT2D eigenvalue weighted by atomic mass is 16.2. The standard InChI is InChI=1S/C14H24N2O/c15-14(5-1-2-6-14)13(17)16-9-12-8-10-3-4-11(12)7-10/h10-12H,1-9,15H2,(H,16,17). The van der Waals surface area contributed by atoms with Gasteiger partial charge in [0.25, 0.3) is 0 Å². The molecule has 3 N–H and O–H groups in total. The molecule has 3 atom stereocenters. The monoisotopic (exact) mass is 236 g/mol. The van der Waals surface area contributed by atoms with Crippen LogP contribution in [0.5, 0.6) is 0 Å². The summed E-state index contributed by atoms with van der Waals surface area (Å²) in [6.45, 7) is 0.874. The van der Waals surface area contributed by atoms with Gasteiger partial charge in [-0.25, -0.2) is 0 Å². The third kappa shape index (κ3) is 2.10. The molecular weight excluding hydrogens is 212 g/mol. The van der Waals surface area contributed by atoms with Crippen molar-refractivity contribution in [3.8, 4) is 0 Å². The molecule has 0 heterocycles. The normalized spacial score (nSPS) is 38.5. The van der Waals surface area contributed by atoms with Crippen molar-refractivity contribution in [1.82, 2.24) is 5.32 Å². The lowest BCUT2D eigenvalue weighted by atomic mass is 9.88. The Labute approximate surface area is 104 Å². The third-order valence-electron chi connectivity index (χ3n) is 5.36. The molecule has 0 aliphatic heterocycles. The Morgan fingerprint density at radius 2 is 2.00 bits per heavy atom. The zero-order valence-electron chi connectivity index (χ0n) is 10.6. The van der Waals surface area contributed by atoms with Crippen LogP contribution in [0.15, 0.2) is 0 Å². The fourth-order valence-electron chi connectivity index (χ4n) is 4.26. The van der Waals surface area contributed by atoms with Crippen LogP contribution in [0.1, 0.15) is 51.4 Å². The second-order valence-corrected chi connectivity index (χ2v) is 6.51. The molecule has 3 aliphatic carbocycles. The Hall–Kier alpha value is -0.570. The van der Waals surface area contributed by atoms with Gasteiger partial charge in [-0.15, -0.1) is 0 Å². The summed E-state index contributed by atoms with van der Waals surface area (Å²) in [4.78, 5) is 12.1. The van der Waals surface area contributed by atoms with Crippen LogP contribution in [0.2, 0.25) is 0 Å². The minimum atomic E-state index is -0.544. The Bertz CT molecular complexity index is 309. The maximum atomic E-state index is 12.1. The number of hydrogen-bond donors (Lipinski definition) is 2. The zero-order valence-corrected chi connectivity index (χ0v) is 10.6. The molecule has 0 aromatic rings. The van der Waals surface area contributed by atoms with Crippen molar-refractivity contribution in [3.05, 3.63) is 0 Å². The van der Waals surface area contributed by atoms with Crippen LogP contribution >= 0.6 is 0 Å². The molecule has 3 rings (SSSR count). The first-order valence-electron chi connectivity index (χ1n) is 7.24. The summed E-state index contributed by atoms with van der Waals surface area (Å²) < 4.78 is 0. The molecule has 3 heteroatoms. The van der Waals surface area contributed by atoms with Crippen molar-refractivity contribution >= 4 is 5.91 Å². The van der Waals surface area contributed by atoms with Gasteiger partial charge in [-0.05, 0) is 49.9 Å². The van der Waals surface area contributed by atoms with Crippen LogP contribution in [0, 0.1) is 17.8 Å². The summed E-state index contributed by atoms with van der Waals surface area (Å²) in [7, 11) is 0. The van der Waals surface area contributed by atoms with E-state index in [1.54, 1.807) is 0 Å². The highest BCUT2D eigenvalue weighted by Crippen LogP contribution is 2.48. The minimum Gasteiger partial charge on any atom is -0.354 e. The molecule has 3 aliphatic rings. The lowest BCUT2D eigenvalue weighted by Gasteiger charge is -2.26. The van der Waals surface area contributed by atoms with Crippen molar-refractivity contribution in [2.24, 2.45) is 23.5 Å². The van der Waals surface area contributed by atoms with Crippen LogP contribution in [0.3, 0.4) is 0 Å². The number of rotatable bonds is 3. The van der Waals surface area contributed by atoms with E-state index in [4.69, 9.17) is 5.73 Å². The number of amides is 1. The number of nitrogens with one attached hydrogen (secondary N) is 1. The first-order chi connectivity index (χ1) is 8.17. The van der Waals surface area contributed by atoms with Crippen molar-refractivity contribution in [1.29, 1.82) is 0 Å². The smallest absolute Gasteiger partial charge is 0.240 e. The summed E-state index contributed by atoms with van der Waals surface area (Å²) in [6, 6.07) is 0. The molecule has 0 aromatic heterocycles. The molecule has 3 nitrogen and oxygen atoms in total. The van der Waals surface area contributed by atoms with Crippen molar-refractivity contribution < 1.29 is 4.79 Å². The van der Waals surface area contributed by atoms with Gasteiger partial charge in [0.1, 0.15) is 0 Å². The van der Waals surface area contributed by atoms with E-state index in [0.29, 0.717) is 0 Å². The van der Waals surface area contributed by atoms with Gasteiger partial charge in [0.2, 0.25) is 5.91 Å². The molecule has 0 spiro atoms. The molecule has 0 radical (unpaired) electrons. The predicted octanol–water partition coefficient (Wildman–Crippen LogP) is 1.81. The second-order valence-electron chi connectivity index (χ2n) is 6.51. The van der Waals surface area contributed by atoms with Crippen LogP contribution in [0.25, 0.3) is 0 Å². The fraction of sp³-hybridized carbons (Fsp3) is 0.929. The third-order valence-corrected chi connectivity index (χ3v) is 5.36. The Morgan fingerprint density at radius 1 is 1.24 bits per heavy atom. The van der Waals surface area contributed by atoms with Gasteiger partial charge in [-0.2, -0.15) is 0 Å². The lowest BCUT2D eigenvalue weighted by molar-refractivity contribution is -0.126. The summed E-state index contributed by atoms with van der Waals surface area (Å²) in [5.41, 5.74) is 5.61. The van der Waals surface area contributed by atoms with Crippen LogP contribution in [-0.2, 0) is 4.79 Å². The molecule has 3 fully saturated rings. The lowest BCUT2D eigenvalue weighted by Crippen LogP contribution is -2.52. The highest BCUT2D eigenvalue weighted by molar-refractivity contribution is 5.86. The molecule has 1 amide bonds. The topological polar surface area (TPSA) is 55.1 Å². The molecule has 96 valence electrons. The van der Waals surface area contributed by atoms with E-state index in [9.17, 15) is 4.79 Å². The summed E-state index contributed by atoms with van der Waals surface area (Å²) >= 11 is 0. The molecule has 3 saturated carbocycles. The average molecular weight is 236 g/mol. The second kappa shape index (κ2) is 4.27. The minimum absolute atomic E-state index is 0.109. The van der Waals surface area contributed by atoms with Gasteiger partial charge in [-0.1, -0.05) is 19.3 Å². The quantitative estimate of drug-likeness (QED) is 0.785. The van der Waals surface area contributed by atoms with Gasteiger partial charge >= 0.3 is 0 Å². The largest absolute Gasteiger partial charge is 0.354 e. The van der Waals surface area contributed by atoms with Crippen LogP contribution in [-0.4, -0.2) is 18.0 Å². The molecule has 0 saturated heterocycles. The summed E-state index contributed by atoms with van der Waals surface area (Å²) in [6.07, 6.45) is 9.52. The Morgan fingerprint density at radius 3 is 2.59 bits per heavy atom. The Balaban J connectivity index is 1.49. The van der Waals surface area contributed by atoms with Gasteiger partial charge in [0.15, 0.2) is 0 Å². The van der Waals surface area contributed by atoms with E-state index < -0.39 is 5.54 Å². The number of carbonyl (C=O) groups excluding carboxylic acids is 1. The zero-order chi connectivity index (χ0) is 11.9. The first kappa shape index (κ1) is 11.5. The van der Waals surface area contributed by atoms with E-state index >= 15 is 0 Å². The maximum Gasteiger partial charge on any atom is 0.240 e. The molecule has 0 aromatic carbocycles. The average Bonchev–Trinajstić information content (AvgIpc) is 3.01. The molecule has 17 heavy (non-hydrogen) atoms. The van der Waals surface area contributed by atoms with Gasteiger partial charge < -0.3 is 11.1 Å². The van der Waals surface area contributed by atoms with Crippen molar-refractivity contribution in [2.45, 2.75) is 56.9 Å². The Kier molecular flexibility index (Phi) is 2.89. The van der Waals surface area contributed by atoms with Crippen LogP contribution < -0.4 is 11.1 Å². The fourth-order valence-corrected chi connectivity index (χ4v) is 4.26. The number of fused-ring (bicyclic) bond motifs is 2.